The largest absolute Gasteiger partial charge is 0.367 e. The Hall–Kier alpha value is -2.94. The predicted octanol–water partition coefficient (Wildman–Crippen LogP) is 2.08. The lowest BCUT2D eigenvalue weighted by molar-refractivity contribution is 0.384. The van der Waals surface area contributed by atoms with E-state index in [4.69, 9.17) is 0 Å². The molecule has 0 atom stereocenters. The molecule has 1 heterocycles. The van der Waals surface area contributed by atoms with Gasteiger partial charge in [-0.15, -0.1) is 0 Å². The Morgan fingerprint density at radius 1 is 0.885 bits per heavy atom. The van der Waals surface area contributed by atoms with Crippen LogP contribution in [0.25, 0.3) is 0 Å². The monoisotopic (exact) mass is 370 g/mol. The maximum Gasteiger partial charge on any atom is 0.243 e. The predicted molar refractivity (Wildman–Crippen MR) is 93.2 cm³/mol. The zero-order chi connectivity index (χ0) is 18.7. The molecule has 0 amide bonds. The third kappa shape index (κ3) is 3.25. The topological polar surface area (TPSA) is 88.2 Å². The van der Waals surface area contributed by atoms with Gasteiger partial charge < -0.3 is 4.90 Å². The number of rotatable bonds is 3. The van der Waals surface area contributed by atoms with E-state index in [-0.39, 0.29) is 18.0 Å². The van der Waals surface area contributed by atoms with Crippen LogP contribution in [0.2, 0.25) is 0 Å². The molecule has 0 aromatic heterocycles. The van der Waals surface area contributed by atoms with E-state index in [9.17, 15) is 23.3 Å². The van der Waals surface area contributed by atoms with Crippen molar-refractivity contribution < 1.29 is 12.8 Å². The molecule has 3 rings (SSSR count). The molecule has 1 saturated heterocycles. The lowest BCUT2D eigenvalue weighted by Gasteiger charge is -2.36. The van der Waals surface area contributed by atoms with Crippen molar-refractivity contribution in [2.24, 2.45) is 0 Å². The number of nitrogens with zero attached hydrogens (tertiary/aromatic N) is 4. The Morgan fingerprint density at radius 2 is 1.42 bits per heavy atom. The Labute approximate surface area is 151 Å². The van der Waals surface area contributed by atoms with Gasteiger partial charge in [0.1, 0.15) is 18.0 Å². The van der Waals surface area contributed by atoms with Crippen LogP contribution < -0.4 is 4.90 Å². The average Bonchev–Trinajstić information content (AvgIpc) is 2.67. The third-order valence-corrected chi connectivity index (χ3v) is 6.20. The molecule has 0 aliphatic carbocycles. The molecule has 1 fully saturated rings. The van der Waals surface area contributed by atoms with E-state index in [1.165, 1.54) is 16.4 Å². The summed E-state index contributed by atoms with van der Waals surface area (Å²) in [4.78, 5) is 1.90. The van der Waals surface area contributed by atoms with Gasteiger partial charge in [0, 0.05) is 26.2 Å². The second kappa shape index (κ2) is 7.12. The third-order valence-electron chi connectivity index (χ3n) is 4.28. The molecule has 132 valence electrons. The number of hydrogen-bond donors (Lipinski definition) is 0. The highest BCUT2D eigenvalue weighted by atomic mass is 32.2. The number of hydrogen-bond acceptors (Lipinski definition) is 5. The van der Waals surface area contributed by atoms with Gasteiger partial charge in [-0.1, -0.05) is 6.07 Å². The van der Waals surface area contributed by atoms with Crippen molar-refractivity contribution in [2.45, 2.75) is 4.90 Å². The van der Waals surface area contributed by atoms with Crippen LogP contribution in [0.1, 0.15) is 11.1 Å². The van der Waals surface area contributed by atoms with Crippen LogP contribution >= 0.6 is 0 Å². The Balaban J connectivity index is 1.81. The molecule has 1 aliphatic rings. The molecule has 2 aromatic rings. The summed E-state index contributed by atoms with van der Waals surface area (Å²) < 4.78 is 39.7. The molecular formula is C18H15FN4O2S. The normalized spacial score (nSPS) is 15.3. The van der Waals surface area contributed by atoms with Gasteiger partial charge in [0.15, 0.2) is 0 Å². The van der Waals surface area contributed by atoms with E-state index < -0.39 is 15.8 Å². The van der Waals surface area contributed by atoms with Crippen molar-refractivity contribution in [2.75, 3.05) is 31.1 Å². The molecule has 0 bridgehead atoms. The van der Waals surface area contributed by atoms with Gasteiger partial charge >= 0.3 is 0 Å². The fourth-order valence-electron chi connectivity index (χ4n) is 2.97. The SMILES string of the molecule is N#Cc1cccc(C#N)c1N1CCN(S(=O)(=O)c2ccc(F)cc2)CC1. The highest BCUT2D eigenvalue weighted by molar-refractivity contribution is 7.89. The molecule has 2 aromatic carbocycles. The summed E-state index contributed by atoms with van der Waals surface area (Å²) >= 11 is 0. The van der Waals surface area contributed by atoms with Crippen LogP contribution in [0.4, 0.5) is 10.1 Å². The molecule has 0 saturated carbocycles. The molecule has 0 N–H and O–H groups in total. The number of halogens is 1. The van der Waals surface area contributed by atoms with E-state index in [1.807, 2.05) is 4.90 Å². The van der Waals surface area contributed by atoms with Crippen LogP contribution in [0.15, 0.2) is 47.4 Å². The van der Waals surface area contributed by atoms with Crippen molar-refractivity contribution in [1.82, 2.24) is 4.31 Å². The number of piperazine rings is 1. The van der Waals surface area contributed by atoms with Gasteiger partial charge in [-0.2, -0.15) is 14.8 Å². The zero-order valence-electron chi connectivity index (χ0n) is 13.8. The molecule has 0 spiro atoms. The van der Waals surface area contributed by atoms with Crippen LogP contribution in [-0.2, 0) is 10.0 Å². The van der Waals surface area contributed by atoms with Gasteiger partial charge in [0.2, 0.25) is 10.0 Å². The number of anilines is 1. The summed E-state index contributed by atoms with van der Waals surface area (Å²) in [6.07, 6.45) is 0. The first-order valence-electron chi connectivity index (χ1n) is 7.91. The first-order chi connectivity index (χ1) is 12.5. The summed E-state index contributed by atoms with van der Waals surface area (Å²) in [6, 6.07) is 13.8. The summed E-state index contributed by atoms with van der Waals surface area (Å²) in [7, 11) is -3.71. The van der Waals surface area contributed by atoms with Crippen LogP contribution in [-0.4, -0.2) is 38.9 Å². The second-order valence-corrected chi connectivity index (χ2v) is 7.71. The molecule has 0 radical (unpaired) electrons. The van der Waals surface area contributed by atoms with E-state index in [2.05, 4.69) is 12.1 Å². The summed E-state index contributed by atoms with van der Waals surface area (Å²) in [5.41, 5.74) is 1.31. The van der Waals surface area contributed by atoms with E-state index >= 15 is 0 Å². The molecule has 26 heavy (non-hydrogen) atoms. The zero-order valence-corrected chi connectivity index (χ0v) is 14.6. The highest BCUT2D eigenvalue weighted by Gasteiger charge is 2.30. The number of sulfonamides is 1. The second-order valence-electron chi connectivity index (χ2n) is 5.77. The van der Waals surface area contributed by atoms with Crippen LogP contribution in [0.5, 0.6) is 0 Å². The minimum Gasteiger partial charge on any atom is -0.367 e. The van der Waals surface area contributed by atoms with E-state index in [0.717, 1.165) is 12.1 Å². The standard InChI is InChI=1S/C18H15FN4O2S/c19-16-4-6-17(7-5-16)26(24,25)23-10-8-22(9-11-23)18-14(12-20)2-1-3-15(18)13-21/h1-7H,8-11H2. The minimum absolute atomic E-state index is 0.0440. The number of para-hydroxylation sites is 1. The van der Waals surface area contributed by atoms with E-state index in [0.29, 0.717) is 29.9 Å². The van der Waals surface area contributed by atoms with Crippen LogP contribution in [0, 0.1) is 28.5 Å². The molecule has 0 unspecified atom stereocenters. The lowest BCUT2D eigenvalue weighted by Crippen LogP contribution is -2.49. The maximum absolute atomic E-state index is 13.0. The van der Waals surface area contributed by atoms with Crippen molar-refractivity contribution >= 4 is 15.7 Å². The molecule has 6 nitrogen and oxygen atoms in total. The Bertz CT molecular complexity index is 967. The summed E-state index contributed by atoms with van der Waals surface area (Å²) in [5, 5.41) is 18.6. The van der Waals surface area contributed by atoms with Gasteiger partial charge in [-0.25, -0.2) is 12.8 Å². The molecule has 8 heteroatoms. The van der Waals surface area contributed by atoms with Crippen LogP contribution in [0.3, 0.4) is 0 Å². The van der Waals surface area contributed by atoms with Crippen molar-refractivity contribution in [3.63, 3.8) is 0 Å². The van der Waals surface area contributed by atoms with Crippen molar-refractivity contribution in [3.05, 3.63) is 59.4 Å². The minimum atomic E-state index is -3.71. The van der Waals surface area contributed by atoms with Gasteiger partial charge in [-0.3, -0.25) is 0 Å². The first-order valence-corrected chi connectivity index (χ1v) is 9.35. The fraction of sp³-hybridized carbons (Fsp3) is 0.222. The van der Waals surface area contributed by atoms with Crippen molar-refractivity contribution in [1.29, 1.82) is 10.5 Å². The summed E-state index contributed by atoms with van der Waals surface area (Å²) in [5.74, 6) is -0.495. The summed E-state index contributed by atoms with van der Waals surface area (Å²) in [6.45, 7) is 1.14. The highest BCUT2D eigenvalue weighted by Crippen LogP contribution is 2.27. The number of benzene rings is 2. The molecule has 1 aliphatic heterocycles. The van der Waals surface area contributed by atoms with Gasteiger partial charge in [-0.05, 0) is 36.4 Å². The number of nitriles is 2. The average molecular weight is 370 g/mol. The Kier molecular flexibility index (Phi) is 4.90. The molecular weight excluding hydrogens is 355 g/mol. The Morgan fingerprint density at radius 3 is 1.92 bits per heavy atom. The van der Waals surface area contributed by atoms with Gasteiger partial charge in [0.05, 0.1) is 21.7 Å². The fourth-order valence-corrected chi connectivity index (χ4v) is 4.39. The van der Waals surface area contributed by atoms with Crippen molar-refractivity contribution in [3.8, 4) is 12.1 Å². The van der Waals surface area contributed by atoms with Gasteiger partial charge in [0.25, 0.3) is 0 Å². The lowest BCUT2D eigenvalue weighted by atomic mass is 10.1. The first kappa shape index (κ1) is 17.9. The smallest absolute Gasteiger partial charge is 0.243 e. The quantitative estimate of drug-likeness (QED) is 0.825. The van der Waals surface area contributed by atoms with E-state index in [1.54, 1.807) is 18.2 Å². The maximum atomic E-state index is 13.0.